The maximum atomic E-state index is 12.9. The molecule has 0 unspecified atom stereocenters. The standard InChI is InChI=1S/C21H23FN2O3/c1-2-27-19-6-4-3-5-18(19)24-14-16(13-20(24)25)21(26)23-12-11-15-7-9-17(22)10-8-15/h3-10,16H,2,11-14H2,1H3,(H,23,26)/t16-/m1/s1. The van der Waals surface area contributed by atoms with E-state index in [1.807, 2.05) is 31.2 Å². The number of carbonyl (C=O) groups excluding carboxylic acids is 2. The second kappa shape index (κ2) is 8.66. The van der Waals surface area contributed by atoms with Crippen molar-refractivity contribution in [2.24, 2.45) is 5.92 Å². The van der Waals surface area contributed by atoms with Gasteiger partial charge in [0.15, 0.2) is 0 Å². The third-order valence-electron chi connectivity index (χ3n) is 4.58. The predicted molar refractivity (Wildman–Crippen MR) is 101 cm³/mol. The molecule has 27 heavy (non-hydrogen) atoms. The molecule has 2 aromatic rings. The van der Waals surface area contributed by atoms with Crippen molar-refractivity contribution in [1.82, 2.24) is 5.32 Å². The number of amides is 2. The van der Waals surface area contributed by atoms with E-state index in [4.69, 9.17) is 4.74 Å². The molecule has 1 aliphatic rings. The average Bonchev–Trinajstić information content (AvgIpc) is 3.06. The van der Waals surface area contributed by atoms with Crippen LogP contribution < -0.4 is 15.0 Å². The zero-order valence-electron chi connectivity index (χ0n) is 15.3. The van der Waals surface area contributed by atoms with Crippen molar-refractivity contribution in [3.63, 3.8) is 0 Å². The van der Waals surface area contributed by atoms with E-state index in [2.05, 4.69) is 5.32 Å². The monoisotopic (exact) mass is 370 g/mol. The highest BCUT2D eigenvalue weighted by molar-refractivity contribution is 6.01. The fraction of sp³-hybridized carbons (Fsp3) is 0.333. The third-order valence-corrected chi connectivity index (χ3v) is 4.58. The molecule has 2 amide bonds. The van der Waals surface area contributed by atoms with Gasteiger partial charge in [-0.25, -0.2) is 4.39 Å². The summed E-state index contributed by atoms with van der Waals surface area (Å²) in [7, 11) is 0. The van der Waals surface area contributed by atoms with Crippen LogP contribution in [0.25, 0.3) is 0 Å². The van der Waals surface area contributed by atoms with Crippen LogP contribution in [0.5, 0.6) is 5.75 Å². The van der Waals surface area contributed by atoms with Crippen LogP contribution in [0.2, 0.25) is 0 Å². The SMILES string of the molecule is CCOc1ccccc1N1C[C@H](C(=O)NCCc2ccc(F)cc2)CC1=O. The van der Waals surface area contributed by atoms with Crippen LogP contribution in [-0.2, 0) is 16.0 Å². The average molecular weight is 370 g/mol. The number of para-hydroxylation sites is 2. The molecule has 1 fully saturated rings. The number of hydrogen-bond acceptors (Lipinski definition) is 3. The quantitative estimate of drug-likeness (QED) is 0.815. The van der Waals surface area contributed by atoms with E-state index < -0.39 is 0 Å². The molecule has 5 nitrogen and oxygen atoms in total. The number of halogens is 1. The maximum absolute atomic E-state index is 12.9. The number of benzene rings is 2. The molecular formula is C21H23FN2O3. The summed E-state index contributed by atoms with van der Waals surface area (Å²) < 4.78 is 18.5. The summed E-state index contributed by atoms with van der Waals surface area (Å²) in [6, 6.07) is 13.6. The van der Waals surface area contributed by atoms with E-state index in [1.165, 1.54) is 12.1 Å². The Morgan fingerprint density at radius 1 is 1.22 bits per heavy atom. The Hall–Kier alpha value is -2.89. The van der Waals surface area contributed by atoms with Crippen molar-refractivity contribution in [3.8, 4) is 5.75 Å². The number of carbonyl (C=O) groups is 2. The van der Waals surface area contributed by atoms with Gasteiger partial charge in [0, 0.05) is 19.5 Å². The van der Waals surface area contributed by atoms with Crippen LogP contribution in [0.3, 0.4) is 0 Å². The van der Waals surface area contributed by atoms with E-state index in [1.54, 1.807) is 17.0 Å². The normalized spacial score (nSPS) is 16.4. The number of ether oxygens (including phenoxy) is 1. The van der Waals surface area contributed by atoms with Crippen LogP contribution in [0, 0.1) is 11.7 Å². The highest BCUT2D eigenvalue weighted by Gasteiger charge is 2.36. The van der Waals surface area contributed by atoms with Crippen LogP contribution >= 0.6 is 0 Å². The van der Waals surface area contributed by atoms with Gasteiger partial charge in [0.2, 0.25) is 11.8 Å². The lowest BCUT2D eigenvalue weighted by atomic mass is 10.1. The first-order valence-corrected chi connectivity index (χ1v) is 9.13. The van der Waals surface area contributed by atoms with Gasteiger partial charge in [0.25, 0.3) is 0 Å². The first-order chi connectivity index (χ1) is 13.1. The smallest absolute Gasteiger partial charge is 0.227 e. The Bertz CT molecular complexity index is 807. The highest BCUT2D eigenvalue weighted by atomic mass is 19.1. The minimum Gasteiger partial charge on any atom is -0.492 e. The molecule has 1 N–H and O–H groups in total. The molecule has 0 radical (unpaired) electrons. The fourth-order valence-electron chi connectivity index (χ4n) is 3.20. The van der Waals surface area contributed by atoms with Gasteiger partial charge < -0.3 is 15.0 Å². The van der Waals surface area contributed by atoms with Gasteiger partial charge in [-0.2, -0.15) is 0 Å². The van der Waals surface area contributed by atoms with Gasteiger partial charge in [-0.05, 0) is 43.2 Å². The third kappa shape index (κ3) is 4.64. The topological polar surface area (TPSA) is 58.6 Å². The van der Waals surface area contributed by atoms with E-state index in [-0.39, 0.29) is 30.0 Å². The van der Waals surface area contributed by atoms with E-state index >= 15 is 0 Å². The molecule has 1 heterocycles. The lowest BCUT2D eigenvalue weighted by Crippen LogP contribution is -2.34. The predicted octanol–water partition coefficient (Wildman–Crippen LogP) is 2.94. The minimum absolute atomic E-state index is 0.0826. The molecule has 1 saturated heterocycles. The van der Waals surface area contributed by atoms with E-state index in [9.17, 15) is 14.0 Å². The summed E-state index contributed by atoms with van der Waals surface area (Å²) in [5.74, 6) is -0.242. The summed E-state index contributed by atoms with van der Waals surface area (Å²) in [6.07, 6.45) is 0.798. The van der Waals surface area contributed by atoms with Crippen molar-refractivity contribution in [1.29, 1.82) is 0 Å². The van der Waals surface area contributed by atoms with Gasteiger partial charge in [-0.3, -0.25) is 9.59 Å². The van der Waals surface area contributed by atoms with E-state index in [0.717, 1.165) is 5.56 Å². The second-order valence-corrected chi connectivity index (χ2v) is 6.47. The summed E-state index contributed by atoms with van der Waals surface area (Å²) >= 11 is 0. The lowest BCUT2D eigenvalue weighted by Gasteiger charge is -2.20. The molecule has 1 atom stereocenters. The van der Waals surface area contributed by atoms with Crippen molar-refractivity contribution in [2.75, 3.05) is 24.6 Å². The zero-order valence-corrected chi connectivity index (χ0v) is 15.3. The number of anilines is 1. The van der Waals surface area contributed by atoms with Gasteiger partial charge in [0.05, 0.1) is 18.2 Å². The highest BCUT2D eigenvalue weighted by Crippen LogP contribution is 2.33. The van der Waals surface area contributed by atoms with E-state index in [0.29, 0.717) is 37.6 Å². The molecule has 0 aliphatic carbocycles. The Balaban J connectivity index is 1.56. The van der Waals surface area contributed by atoms with Crippen molar-refractivity contribution >= 4 is 17.5 Å². The van der Waals surface area contributed by atoms with Gasteiger partial charge in [-0.15, -0.1) is 0 Å². The van der Waals surface area contributed by atoms with Gasteiger partial charge in [-0.1, -0.05) is 24.3 Å². The Morgan fingerprint density at radius 3 is 2.70 bits per heavy atom. The van der Waals surface area contributed by atoms with Crippen LogP contribution in [0.15, 0.2) is 48.5 Å². The Morgan fingerprint density at radius 2 is 1.96 bits per heavy atom. The molecule has 1 aliphatic heterocycles. The van der Waals surface area contributed by atoms with Crippen molar-refractivity contribution in [3.05, 3.63) is 59.9 Å². The number of nitrogens with one attached hydrogen (secondary N) is 1. The summed E-state index contributed by atoms with van der Waals surface area (Å²) in [6.45, 7) is 3.18. The van der Waals surface area contributed by atoms with Crippen molar-refractivity contribution in [2.45, 2.75) is 19.8 Å². The molecule has 142 valence electrons. The summed E-state index contributed by atoms with van der Waals surface area (Å²) in [5.41, 5.74) is 1.65. The fourth-order valence-corrected chi connectivity index (χ4v) is 3.20. The van der Waals surface area contributed by atoms with Crippen LogP contribution in [0.1, 0.15) is 18.9 Å². The number of nitrogens with zero attached hydrogens (tertiary/aromatic N) is 1. The number of rotatable bonds is 7. The number of hydrogen-bond donors (Lipinski definition) is 1. The van der Waals surface area contributed by atoms with Crippen LogP contribution in [-0.4, -0.2) is 31.5 Å². The van der Waals surface area contributed by atoms with Gasteiger partial charge >= 0.3 is 0 Å². The largest absolute Gasteiger partial charge is 0.492 e. The summed E-state index contributed by atoms with van der Waals surface area (Å²) in [5, 5.41) is 2.88. The van der Waals surface area contributed by atoms with Gasteiger partial charge in [0.1, 0.15) is 11.6 Å². The minimum atomic E-state index is -0.389. The molecule has 0 bridgehead atoms. The molecular weight excluding hydrogens is 347 g/mol. The zero-order chi connectivity index (χ0) is 19.2. The Kier molecular flexibility index (Phi) is 6.06. The molecule has 0 spiro atoms. The van der Waals surface area contributed by atoms with Crippen molar-refractivity contribution < 1.29 is 18.7 Å². The first kappa shape index (κ1) is 18.9. The second-order valence-electron chi connectivity index (χ2n) is 6.47. The maximum Gasteiger partial charge on any atom is 0.227 e. The summed E-state index contributed by atoms with van der Waals surface area (Å²) in [4.78, 5) is 26.5. The molecule has 2 aromatic carbocycles. The molecule has 3 rings (SSSR count). The van der Waals surface area contributed by atoms with Crippen LogP contribution in [0.4, 0.5) is 10.1 Å². The molecule has 0 saturated carbocycles. The first-order valence-electron chi connectivity index (χ1n) is 9.13. The lowest BCUT2D eigenvalue weighted by molar-refractivity contribution is -0.126. The Labute approximate surface area is 158 Å². The molecule has 0 aromatic heterocycles. The molecule has 6 heteroatoms.